The topological polar surface area (TPSA) is 61.7 Å². The molecular formula is C14H15FN2O2S. The van der Waals surface area contributed by atoms with Gasteiger partial charge in [-0.15, -0.1) is 0 Å². The third-order valence-electron chi connectivity index (χ3n) is 2.92. The molecule has 0 bridgehead atoms. The van der Waals surface area contributed by atoms with Gasteiger partial charge in [-0.1, -0.05) is 30.8 Å². The Morgan fingerprint density at radius 3 is 2.65 bits per heavy atom. The van der Waals surface area contributed by atoms with Crippen molar-refractivity contribution in [3.63, 3.8) is 0 Å². The fraction of sp³-hybridized carbons (Fsp3) is 0.286. The minimum atomic E-state index is -1.02. The number of nitrogens with one attached hydrogen (secondary N) is 1. The van der Waals surface area contributed by atoms with Crippen molar-refractivity contribution in [1.29, 1.82) is 0 Å². The first-order valence-electron chi connectivity index (χ1n) is 6.20. The van der Waals surface area contributed by atoms with Crippen molar-refractivity contribution in [2.45, 2.75) is 19.9 Å². The van der Waals surface area contributed by atoms with Crippen molar-refractivity contribution in [3.8, 4) is 0 Å². The molecule has 1 aliphatic heterocycles. The summed E-state index contributed by atoms with van der Waals surface area (Å²) in [6.45, 7) is 3.71. The van der Waals surface area contributed by atoms with Gasteiger partial charge in [0.2, 0.25) is 0 Å². The average molecular weight is 294 g/mol. The normalized spacial score (nSPS) is 18.6. The summed E-state index contributed by atoms with van der Waals surface area (Å²) in [7, 11) is 0. The number of halogens is 1. The van der Waals surface area contributed by atoms with Gasteiger partial charge < -0.3 is 10.4 Å². The van der Waals surface area contributed by atoms with E-state index >= 15 is 0 Å². The van der Waals surface area contributed by atoms with Gasteiger partial charge in [0, 0.05) is 5.70 Å². The Morgan fingerprint density at radius 2 is 2.10 bits per heavy atom. The summed E-state index contributed by atoms with van der Waals surface area (Å²) in [5.41, 5.74) is 1.42. The predicted octanol–water partition coefficient (Wildman–Crippen LogP) is 2.94. The molecule has 0 fully saturated rings. The lowest BCUT2D eigenvalue weighted by molar-refractivity contribution is -0.133. The number of carboxylic acids is 1. The molecule has 0 saturated heterocycles. The van der Waals surface area contributed by atoms with Crippen molar-refractivity contribution in [1.82, 2.24) is 5.32 Å². The quantitative estimate of drug-likeness (QED) is 0.899. The zero-order valence-corrected chi connectivity index (χ0v) is 12.0. The maximum atomic E-state index is 13.0. The van der Waals surface area contributed by atoms with Crippen LogP contribution >= 0.6 is 11.8 Å². The first kappa shape index (κ1) is 14.6. The molecule has 20 heavy (non-hydrogen) atoms. The number of thioether (sulfide) groups is 1. The van der Waals surface area contributed by atoms with E-state index in [1.807, 2.05) is 6.92 Å². The van der Waals surface area contributed by atoms with Gasteiger partial charge in [-0.25, -0.2) is 14.2 Å². The van der Waals surface area contributed by atoms with Gasteiger partial charge in [0.15, 0.2) is 5.17 Å². The maximum absolute atomic E-state index is 13.0. The summed E-state index contributed by atoms with van der Waals surface area (Å²) in [4.78, 5) is 15.9. The van der Waals surface area contributed by atoms with E-state index in [0.717, 1.165) is 5.75 Å². The highest BCUT2D eigenvalue weighted by Gasteiger charge is 2.28. The lowest BCUT2D eigenvalue weighted by Gasteiger charge is -2.24. The molecule has 1 aromatic carbocycles. The highest BCUT2D eigenvalue weighted by Crippen LogP contribution is 2.32. The van der Waals surface area contributed by atoms with Crippen LogP contribution in [0.15, 0.2) is 40.5 Å². The molecule has 1 unspecified atom stereocenters. The van der Waals surface area contributed by atoms with Gasteiger partial charge in [0.05, 0.1) is 5.57 Å². The second kappa shape index (κ2) is 6.09. The molecule has 1 atom stereocenters. The number of carbonyl (C=O) groups is 1. The van der Waals surface area contributed by atoms with Crippen LogP contribution in [0.2, 0.25) is 0 Å². The molecule has 0 aliphatic carbocycles. The Hall–Kier alpha value is -1.82. The maximum Gasteiger partial charge on any atom is 0.335 e. The number of nitrogens with zero attached hydrogens (tertiary/aromatic N) is 1. The smallest absolute Gasteiger partial charge is 0.335 e. The lowest BCUT2D eigenvalue weighted by Crippen LogP contribution is -2.29. The standard InChI is InChI=1S/C14H15FN2O2S/c1-3-20-14-16-8(2)11(13(18)19)12(17-14)9-4-6-10(15)7-5-9/h4-7,12H,3H2,1-2H3,(H,16,17)(H,18,19). The molecule has 106 valence electrons. The number of aliphatic carboxylic acids is 1. The SMILES string of the molecule is CCSC1=NC(c2ccc(F)cc2)C(C(=O)O)=C(C)N1. The molecule has 0 spiro atoms. The first-order valence-corrected chi connectivity index (χ1v) is 7.18. The van der Waals surface area contributed by atoms with Gasteiger partial charge in [-0.05, 0) is 30.4 Å². The molecule has 0 radical (unpaired) electrons. The molecule has 2 N–H and O–H groups in total. The monoisotopic (exact) mass is 294 g/mol. The van der Waals surface area contributed by atoms with Gasteiger partial charge in [-0.3, -0.25) is 0 Å². The average Bonchev–Trinajstić information content (AvgIpc) is 2.38. The van der Waals surface area contributed by atoms with Gasteiger partial charge >= 0.3 is 5.97 Å². The lowest BCUT2D eigenvalue weighted by atomic mass is 9.97. The zero-order chi connectivity index (χ0) is 14.7. The molecule has 1 aliphatic rings. The fourth-order valence-electron chi connectivity index (χ4n) is 2.02. The molecule has 1 aromatic rings. The molecule has 0 saturated carbocycles. The van der Waals surface area contributed by atoms with Crippen molar-refractivity contribution in [3.05, 3.63) is 46.9 Å². The number of rotatable bonds is 3. The second-order valence-electron chi connectivity index (χ2n) is 4.29. The van der Waals surface area contributed by atoms with E-state index in [1.54, 1.807) is 19.1 Å². The largest absolute Gasteiger partial charge is 0.478 e. The summed E-state index contributed by atoms with van der Waals surface area (Å²) in [6, 6.07) is 5.16. The Bertz CT molecular complexity index is 581. The van der Waals surface area contributed by atoms with Gasteiger partial charge in [0.25, 0.3) is 0 Å². The fourth-order valence-corrected chi connectivity index (χ4v) is 2.70. The Morgan fingerprint density at radius 1 is 1.45 bits per heavy atom. The van der Waals surface area contributed by atoms with Gasteiger partial charge in [0.1, 0.15) is 11.9 Å². The molecule has 1 heterocycles. The van der Waals surface area contributed by atoms with Crippen LogP contribution in [0, 0.1) is 5.82 Å². The number of benzene rings is 1. The Balaban J connectivity index is 2.44. The predicted molar refractivity (Wildman–Crippen MR) is 78.2 cm³/mol. The zero-order valence-electron chi connectivity index (χ0n) is 11.2. The van der Waals surface area contributed by atoms with E-state index in [2.05, 4.69) is 10.3 Å². The molecule has 0 amide bonds. The first-order chi connectivity index (χ1) is 9.52. The number of amidine groups is 1. The molecule has 0 aromatic heterocycles. The van der Waals surface area contributed by atoms with E-state index in [0.29, 0.717) is 16.4 Å². The van der Waals surface area contributed by atoms with E-state index in [4.69, 9.17) is 0 Å². The number of carboxylic acid groups (broad SMARTS) is 1. The molecule has 6 heteroatoms. The Labute approximate surface area is 120 Å². The summed E-state index contributed by atoms with van der Waals surface area (Å²) in [5, 5.41) is 13.0. The summed E-state index contributed by atoms with van der Waals surface area (Å²) in [6.07, 6.45) is 0. The minimum Gasteiger partial charge on any atom is -0.478 e. The highest BCUT2D eigenvalue weighted by molar-refractivity contribution is 8.13. The van der Waals surface area contributed by atoms with Crippen LogP contribution in [0.1, 0.15) is 25.5 Å². The highest BCUT2D eigenvalue weighted by atomic mass is 32.2. The van der Waals surface area contributed by atoms with Crippen LogP contribution in [0.3, 0.4) is 0 Å². The number of aliphatic imine (C=N–C) groups is 1. The second-order valence-corrected chi connectivity index (χ2v) is 5.54. The molecule has 2 rings (SSSR count). The molecular weight excluding hydrogens is 279 g/mol. The van der Waals surface area contributed by atoms with E-state index in [9.17, 15) is 14.3 Å². The number of allylic oxidation sites excluding steroid dienone is 1. The molecule has 4 nitrogen and oxygen atoms in total. The third kappa shape index (κ3) is 3.01. The van der Waals surface area contributed by atoms with Crippen LogP contribution in [-0.2, 0) is 4.79 Å². The van der Waals surface area contributed by atoms with Crippen molar-refractivity contribution < 1.29 is 14.3 Å². The Kier molecular flexibility index (Phi) is 4.44. The third-order valence-corrected chi connectivity index (χ3v) is 3.69. The van der Waals surface area contributed by atoms with Crippen LogP contribution in [0.4, 0.5) is 4.39 Å². The summed E-state index contributed by atoms with van der Waals surface area (Å²) in [5.74, 6) is -0.543. The van der Waals surface area contributed by atoms with Crippen molar-refractivity contribution >= 4 is 22.9 Å². The van der Waals surface area contributed by atoms with Crippen LogP contribution < -0.4 is 5.32 Å². The van der Waals surface area contributed by atoms with Crippen LogP contribution in [0.5, 0.6) is 0 Å². The summed E-state index contributed by atoms with van der Waals surface area (Å²) < 4.78 is 13.0. The van der Waals surface area contributed by atoms with E-state index in [1.165, 1.54) is 23.9 Å². The van der Waals surface area contributed by atoms with Crippen molar-refractivity contribution in [2.24, 2.45) is 4.99 Å². The number of hydrogen-bond donors (Lipinski definition) is 2. The van der Waals surface area contributed by atoms with Gasteiger partial charge in [-0.2, -0.15) is 0 Å². The van der Waals surface area contributed by atoms with Crippen LogP contribution in [-0.4, -0.2) is 22.0 Å². The van der Waals surface area contributed by atoms with E-state index < -0.39 is 12.0 Å². The minimum absolute atomic E-state index is 0.192. The summed E-state index contributed by atoms with van der Waals surface area (Å²) >= 11 is 1.51. The van der Waals surface area contributed by atoms with Crippen LogP contribution in [0.25, 0.3) is 0 Å². The number of hydrogen-bond acceptors (Lipinski definition) is 4. The van der Waals surface area contributed by atoms with Crippen molar-refractivity contribution in [2.75, 3.05) is 5.75 Å². The van der Waals surface area contributed by atoms with E-state index in [-0.39, 0.29) is 11.4 Å².